The molecular formula is C16H11F2N3OS. The Balaban J connectivity index is 1.86. The highest BCUT2D eigenvalue weighted by Crippen LogP contribution is 2.29. The van der Waals surface area contributed by atoms with Crippen LogP contribution in [0.4, 0.5) is 25.4 Å². The molecule has 0 radical (unpaired) electrons. The molecule has 3 rings (SSSR count). The van der Waals surface area contributed by atoms with Crippen LogP contribution in [0.3, 0.4) is 0 Å². The number of nitrogens with two attached hydrogens (primary N) is 1. The largest absolute Gasteiger partial charge is 0.382 e. The number of aromatic nitrogens is 1. The Labute approximate surface area is 134 Å². The number of carbonyl (C=O) groups excluding carboxylic acids is 1. The van der Waals surface area contributed by atoms with Crippen molar-refractivity contribution in [1.82, 2.24) is 4.98 Å². The lowest BCUT2D eigenvalue weighted by molar-refractivity contribution is 0.104. The Hall–Kier alpha value is -2.80. The van der Waals surface area contributed by atoms with E-state index in [1.807, 2.05) is 0 Å². The number of nitrogens with zero attached hydrogens (tertiary/aromatic N) is 1. The predicted molar refractivity (Wildman–Crippen MR) is 86.0 cm³/mol. The van der Waals surface area contributed by atoms with Gasteiger partial charge < -0.3 is 11.1 Å². The van der Waals surface area contributed by atoms with E-state index in [1.54, 1.807) is 12.1 Å². The molecule has 0 saturated carbocycles. The van der Waals surface area contributed by atoms with Gasteiger partial charge in [-0.05, 0) is 42.5 Å². The van der Waals surface area contributed by atoms with Gasteiger partial charge in [-0.1, -0.05) is 17.4 Å². The average molecular weight is 331 g/mol. The van der Waals surface area contributed by atoms with Gasteiger partial charge in [0.2, 0.25) is 5.78 Å². The van der Waals surface area contributed by atoms with Crippen molar-refractivity contribution in [2.75, 3.05) is 11.1 Å². The summed E-state index contributed by atoms with van der Waals surface area (Å²) in [6.07, 6.45) is 0. The van der Waals surface area contributed by atoms with Gasteiger partial charge in [-0.15, -0.1) is 0 Å². The van der Waals surface area contributed by atoms with Crippen molar-refractivity contribution in [3.05, 3.63) is 70.6 Å². The van der Waals surface area contributed by atoms with Gasteiger partial charge in [-0.25, -0.2) is 13.8 Å². The monoisotopic (exact) mass is 331 g/mol. The smallest absolute Gasteiger partial charge is 0.206 e. The fourth-order valence-electron chi connectivity index (χ4n) is 1.97. The molecule has 4 nitrogen and oxygen atoms in total. The molecule has 0 atom stereocenters. The number of hydrogen-bond acceptors (Lipinski definition) is 5. The zero-order valence-corrected chi connectivity index (χ0v) is 12.5. The summed E-state index contributed by atoms with van der Waals surface area (Å²) < 4.78 is 26.1. The van der Waals surface area contributed by atoms with E-state index < -0.39 is 5.82 Å². The minimum Gasteiger partial charge on any atom is -0.382 e. The number of rotatable bonds is 4. The molecule has 116 valence electrons. The highest BCUT2D eigenvalue weighted by Gasteiger charge is 2.18. The first-order chi connectivity index (χ1) is 11.0. The summed E-state index contributed by atoms with van der Waals surface area (Å²) in [5.74, 6) is -1.08. The van der Waals surface area contributed by atoms with Gasteiger partial charge in [0.05, 0.1) is 0 Å². The second-order valence-electron chi connectivity index (χ2n) is 4.70. The summed E-state index contributed by atoms with van der Waals surface area (Å²) in [5.41, 5.74) is 6.60. The first kappa shape index (κ1) is 15.1. The standard InChI is InChI=1S/C16H11F2N3OS/c17-10-6-4-9(5-7-10)13(22)14-15(19)21-16(23-14)20-12-3-1-2-11(18)8-12/h1-8H,19H2,(H,20,21). The van der Waals surface area contributed by atoms with Gasteiger partial charge in [-0.2, -0.15) is 0 Å². The third-order valence-electron chi connectivity index (χ3n) is 3.04. The number of benzene rings is 2. The van der Waals surface area contributed by atoms with Crippen molar-refractivity contribution >= 4 is 33.8 Å². The van der Waals surface area contributed by atoms with Gasteiger partial charge in [0.15, 0.2) is 5.13 Å². The molecule has 0 aliphatic heterocycles. The number of hydrogen-bond donors (Lipinski definition) is 2. The Morgan fingerprint density at radius 3 is 2.52 bits per heavy atom. The second kappa shape index (κ2) is 6.13. The third-order valence-corrected chi connectivity index (χ3v) is 4.03. The van der Waals surface area contributed by atoms with E-state index in [9.17, 15) is 13.6 Å². The molecular weight excluding hydrogens is 320 g/mol. The molecule has 0 fully saturated rings. The first-order valence-electron chi connectivity index (χ1n) is 6.62. The number of halogens is 2. The molecule has 23 heavy (non-hydrogen) atoms. The molecule has 2 aromatic carbocycles. The molecule has 0 saturated heterocycles. The summed E-state index contributed by atoms with van der Waals surface area (Å²) in [7, 11) is 0. The molecule has 1 heterocycles. The molecule has 3 N–H and O–H groups in total. The normalized spacial score (nSPS) is 10.5. The number of carbonyl (C=O) groups is 1. The fourth-order valence-corrected chi connectivity index (χ4v) is 2.84. The van der Waals surface area contributed by atoms with Crippen LogP contribution in [-0.2, 0) is 0 Å². The Bertz CT molecular complexity index is 862. The molecule has 3 aromatic rings. The van der Waals surface area contributed by atoms with Crippen LogP contribution in [0.2, 0.25) is 0 Å². The number of nitrogen functional groups attached to an aromatic ring is 1. The van der Waals surface area contributed by atoms with Crippen LogP contribution in [0.1, 0.15) is 15.2 Å². The highest BCUT2D eigenvalue weighted by atomic mass is 32.1. The zero-order valence-electron chi connectivity index (χ0n) is 11.7. The van der Waals surface area contributed by atoms with E-state index in [2.05, 4.69) is 10.3 Å². The SMILES string of the molecule is Nc1nc(Nc2cccc(F)c2)sc1C(=O)c1ccc(F)cc1. The van der Waals surface area contributed by atoms with E-state index in [4.69, 9.17) is 5.73 Å². The lowest BCUT2D eigenvalue weighted by atomic mass is 10.1. The van der Waals surface area contributed by atoms with Crippen molar-refractivity contribution < 1.29 is 13.6 Å². The Kier molecular flexibility index (Phi) is 4.03. The van der Waals surface area contributed by atoms with Crippen molar-refractivity contribution in [2.45, 2.75) is 0 Å². The van der Waals surface area contributed by atoms with Crippen LogP contribution in [-0.4, -0.2) is 10.8 Å². The van der Waals surface area contributed by atoms with Crippen LogP contribution >= 0.6 is 11.3 Å². The van der Waals surface area contributed by atoms with Crippen LogP contribution in [0.15, 0.2) is 48.5 Å². The quantitative estimate of drug-likeness (QED) is 0.710. The zero-order chi connectivity index (χ0) is 16.4. The van der Waals surface area contributed by atoms with Gasteiger partial charge in [-0.3, -0.25) is 4.79 Å². The van der Waals surface area contributed by atoms with E-state index in [0.717, 1.165) is 11.3 Å². The summed E-state index contributed by atoms with van der Waals surface area (Å²) in [5, 5.41) is 3.27. The highest BCUT2D eigenvalue weighted by molar-refractivity contribution is 7.18. The Morgan fingerprint density at radius 1 is 1.09 bits per heavy atom. The lowest BCUT2D eigenvalue weighted by Gasteiger charge is -2.01. The first-order valence-corrected chi connectivity index (χ1v) is 7.44. The number of thiazole rings is 1. The van der Waals surface area contributed by atoms with Crippen molar-refractivity contribution in [1.29, 1.82) is 0 Å². The average Bonchev–Trinajstić information content (AvgIpc) is 2.88. The maximum Gasteiger partial charge on any atom is 0.206 e. The number of ketones is 1. The van der Waals surface area contributed by atoms with E-state index in [0.29, 0.717) is 16.4 Å². The summed E-state index contributed by atoms with van der Waals surface area (Å²) >= 11 is 1.05. The molecule has 0 aliphatic rings. The topological polar surface area (TPSA) is 68.0 Å². The van der Waals surface area contributed by atoms with Crippen LogP contribution in [0.5, 0.6) is 0 Å². The molecule has 0 aliphatic carbocycles. The van der Waals surface area contributed by atoms with E-state index in [1.165, 1.54) is 36.4 Å². The fraction of sp³-hybridized carbons (Fsp3) is 0. The van der Waals surface area contributed by atoms with Crippen molar-refractivity contribution in [2.24, 2.45) is 0 Å². The molecule has 0 bridgehead atoms. The molecule has 0 amide bonds. The number of nitrogens with one attached hydrogen (secondary N) is 1. The summed E-state index contributed by atoms with van der Waals surface area (Å²) in [6.45, 7) is 0. The van der Waals surface area contributed by atoms with Gasteiger partial charge >= 0.3 is 0 Å². The minimum atomic E-state index is -0.424. The minimum absolute atomic E-state index is 0.0724. The van der Waals surface area contributed by atoms with Gasteiger partial charge in [0.1, 0.15) is 22.3 Å². The molecule has 7 heteroatoms. The molecule has 0 unspecified atom stereocenters. The lowest BCUT2D eigenvalue weighted by Crippen LogP contribution is -2.02. The number of anilines is 3. The summed E-state index contributed by atoms with van der Waals surface area (Å²) in [6, 6.07) is 11.0. The third kappa shape index (κ3) is 3.35. The summed E-state index contributed by atoms with van der Waals surface area (Å²) in [4.78, 5) is 16.7. The maximum absolute atomic E-state index is 13.2. The van der Waals surface area contributed by atoms with Crippen LogP contribution < -0.4 is 11.1 Å². The van der Waals surface area contributed by atoms with Crippen LogP contribution in [0.25, 0.3) is 0 Å². The maximum atomic E-state index is 13.2. The van der Waals surface area contributed by atoms with Gasteiger partial charge in [0, 0.05) is 11.3 Å². The van der Waals surface area contributed by atoms with E-state index in [-0.39, 0.29) is 22.3 Å². The second-order valence-corrected chi connectivity index (χ2v) is 5.70. The van der Waals surface area contributed by atoms with Crippen molar-refractivity contribution in [3.8, 4) is 0 Å². The van der Waals surface area contributed by atoms with Crippen molar-refractivity contribution in [3.63, 3.8) is 0 Å². The Morgan fingerprint density at radius 2 is 1.83 bits per heavy atom. The van der Waals surface area contributed by atoms with Crippen LogP contribution in [0, 0.1) is 11.6 Å². The predicted octanol–water partition coefficient (Wildman–Crippen LogP) is 3.98. The molecule has 1 aromatic heterocycles. The van der Waals surface area contributed by atoms with Gasteiger partial charge in [0.25, 0.3) is 0 Å². The van der Waals surface area contributed by atoms with E-state index >= 15 is 0 Å². The molecule has 0 spiro atoms.